The van der Waals surface area contributed by atoms with Crippen molar-refractivity contribution in [3.8, 4) is 0 Å². The largest absolute Gasteiger partial charge is 0.465 e. The fourth-order valence-corrected chi connectivity index (χ4v) is 3.19. The minimum Gasteiger partial charge on any atom is -0.465 e. The van der Waals surface area contributed by atoms with Crippen molar-refractivity contribution in [1.29, 1.82) is 0 Å². The van der Waals surface area contributed by atoms with Gasteiger partial charge in [-0.25, -0.2) is 17.9 Å². The van der Waals surface area contributed by atoms with E-state index in [4.69, 9.17) is 0 Å². The molecule has 7 nitrogen and oxygen atoms in total. The van der Waals surface area contributed by atoms with Crippen LogP contribution in [0.5, 0.6) is 0 Å². The summed E-state index contributed by atoms with van der Waals surface area (Å²) in [7, 11) is -2.57. The highest BCUT2D eigenvalue weighted by atomic mass is 32.2. The van der Waals surface area contributed by atoms with Crippen molar-refractivity contribution in [2.24, 2.45) is 0 Å². The molecule has 2 aromatic rings. The number of amides is 1. The molecule has 0 heterocycles. The van der Waals surface area contributed by atoms with Gasteiger partial charge in [-0.1, -0.05) is 24.3 Å². The standard InChI is InChI=1S/C17H18N2O5S/c1-12-6-5-7-13(10-12)25(22,23)18-11-16(20)19-15-9-4-3-8-14(15)17(21)24-2/h3-10,18H,11H2,1-2H3,(H,19,20). The topological polar surface area (TPSA) is 102 Å². The highest BCUT2D eigenvalue weighted by Gasteiger charge is 2.17. The molecule has 1 amide bonds. The van der Waals surface area contributed by atoms with E-state index in [1.54, 1.807) is 31.2 Å². The van der Waals surface area contributed by atoms with Gasteiger partial charge in [0.25, 0.3) is 0 Å². The molecule has 2 rings (SSSR count). The van der Waals surface area contributed by atoms with Gasteiger partial charge < -0.3 is 10.1 Å². The Labute approximate surface area is 146 Å². The fourth-order valence-electron chi connectivity index (χ4n) is 2.10. The Balaban J connectivity index is 2.05. The van der Waals surface area contributed by atoms with Crippen molar-refractivity contribution in [2.75, 3.05) is 19.0 Å². The molecular weight excluding hydrogens is 344 g/mol. The van der Waals surface area contributed by atoms with Gasteiger partial charge >= 0.3 is 5.97 Å². The normalized spacial score (nSPS) is 11.0. The number of nitrogens with one attached hydrogen (secondary N) is 2. The number of anilines is 1. The van der Waals surface area contributed by atoms with E-state index in [0.717, 1.165) is 5.56 Å². The lowest BCUT2D eigenvalue weighted by Gasteiger charge is -2.11. The number of aryl methyl sites for hydroxylation is 1. The first-order chi connectivity index (χ1) is 11.8. The zero-order valence-corrected chi connectivity index (χ0v) is 14.6. The summed E-state index contributed by atoms with van der Waals surface area (Å²) in [6.45, 7) is 1.31. The van der Waals surface area contributed by atoms with Gasteiger partial charge in [0.15, 0.2) is 0 Å². The first kappa shape index (κ1) is 18.6. The molecule has 0 aliphatic rings. The van der Waals surface area contributed by atoms with Crippen LogP contribution in [0.15, 0.2) is 53.4 Å². The highest BCUT2D eigenvalue weighted by Crippen LogP contribution is 2.16. The molecule has 2 aromatic carbocycles. The van der Waals surface area contributed by atoms with Crippen LogP contribution in [-0.2, 0) is 19.6 Å². The maximum Gasteiger partial charge on any atom is 0.339 e. The number of benzene rings is 2. The maximum atomic E-state index is 12.2. The van der Waals surface area contributed by atoms with E-state index in [9.17, 15) is 18.0 Å². The molecule has 132 valence electrons. The Morgan fingerprint density at radius 1 is 1.08 bits per heavy atom. The summed E-state index contributed by atoms with van der Waals surface area (Å²) >= 11 is 0. The minimum atomic E-state index is -3.80. The van der Waals surface area contributed by atoms with Crippen LogP contribution >= 0.6 is 0 Å². The summed E-state index contributed by atoms with van der Waals surface area (Å²) in [5.74, 6) is -1.20. The number of esters is 1. The van der Waals surface area contributed by atoms with Crippen LogP contribution in [0.2, 0.25) is 0 Å². The summed E-state index contributed by atoms with van der Waals surface area (Å²) in [5.41, 5.74) is 1.22. The van der Waals surface area contributed by atoms with Crippen molar-refractivity contribution in [3.63, 3.8) is 0 Å². The zero-order valence-electron chi connectivity index (χ0n) is 13.8. The van der Waals surface area contributed by atoms with Gasteiger partial charge in [0.05, 0.1) is 29.8 Å². The van der Waals surface area contributed by atoms with Crippen molar-refractivity contribution in [3.05, 3.63) is 59.7 Å². The van der Waals surface area contributed by atoms with Crippen LogP contribution in [0.3, 0.4) is 0 Å². The number of para-hydroxylation sites is 1. The van der Waals surface area contributed by atoms with Crippen molar-refractivity contribution in [1.82, 2.24) is 4.72 Å². The van der Waals surface area contributed by atoms with Gasteiger partial charge in [-0.3, -0.25) is 4.79 Å². The molecule has 0 atom stereocenters. The fraction of sp³-hybridized carbons (Fsp3) is 0.176. The third-order valence-electron chi connectivity index (χ3n) is 3.33. The smallest absolute Gasteiger partial charge is 0.339 e. The second kappa shape index (κ2) is 7.91. The number of sulfonamides is 1. The Kier molecular flexibility index (Phi) is 5.89. The number of carbonyl (C=O) groups excluding carboxylic acids is 2. The molecule has 0 fully saturated rings. The predicted octanol–water partition coefficient (Wildman–Crippen LogP) is 1.70. The van der Waals surface area contributed by atoms with E-state index in [1.165, 1.54) is 31.4 Å². The third-order valence-corrected chi connectivity index (χ3v) is 4.73. The zero-order chi connectivity index (χ0) is 18.4. The van der Waals surface area contributed by atoms with Crippen LogP contribution in [0, 0.1) is 6.92 Å². The lowest BCUT2D eigenvalue weighted by Crippen LogP contribution is -2.33. The molecule has 0 spiro atoms. The van der Waals surface area contributed by atoms with E-state index >= 15 is 0 Å². The number of methoxy groups -OCH3 is 1. The first-order valence-electron chi connectivity index (χ1n) is 7.37. The number of ether oxygens (including phenoxy) is 1. The number of hydrogen-bond donors (Lipinski definition) is 2. The average Bonchev–Trinajstić information content (AvgIpc) is 2.60. The SMILES string of the molecule is COC(=O)c1ccccc1NC(=O)CNS(=O)(=O)c1cccc(C)c1. The predicted molar refractivity (Wildman–Crippen MR) is 92.8 cm³/mol. The highest BCUT2D eigenvalue weighted by molar-refractivity contribution is 7.89. The van der Waals surface area contributed by atoms with Crippen molar-refractivity contribution < 1.29 is 22.7 Å². The van der Waals surface area contributed by atoms with Crippen LogP contribution in [0.25, 0.3) is 0 Å². The van der Waals surface area contributed by atoms with Gasteiger partial charge in [0.1, 0.15) is 0 Å². The maximum absolute atomic E-state index is 12.2. The second-order valence-electron chi connectivity index (χ2n) is 5.23. The van der Waals surface area contributed by atoms with Crippen LogP contribution in [0.4, 0.5) is 5.69 Å². The Bertz CT molecular complexity index is 893. The molecule has 0 aromatic heterocycles. The molecule has 0 saturated carbocycles. The summed E-state index contributed by atoms with van der Waals surface area (Å²) in [6.07, 6.45) is 0. The molecule has 0 radical (unpaired) electrons. The molecule has 0 aliphatic carbocycles. The molecule has 0 unspecified atom stereocenters. The molecule has 25 heavy (non-hydrogen) atoms. The Morgan fingerprint density at radius 3 is 2.48 bits per heavy atom. The summed E-state index contributed by atoms with van der Waals surface area (Å²) < 4.78 is 31.3. The van der Waals surface area contributed by atoms with Gasteiger partial charge in [0.2, 0.25) is 15.9 Å². The van der Waals surface area contributed by atoms with Crippen molar-refractivity contribution in [2.45, 2.75) is 11.8 Å². The molecule has 0 saturated heterocycles. The molecule has 0 aliphatic heterocycles. The molecular formula is C17H18N2O5S. The van der Waals surface area contributed by atoms with E-state index in [0.29, 0.717) is 0 Å². The van der Waals surface area contributed by atoms with E-state index < -0.39 is 28.4 Å². The number of hydrogen-bond acceptors (Lipinski definition) is 5. The third kappa shape index (κ3) is 4.88. The molecule has 2 N–H and O–H groups in total. The second-order valence-corrected chi connectivity index (χ2v) is 6.99. The minimum absolute atomic E-state index is 0.0789. The van der Waals surface area contributed by atoms with E-state index in [1.807, 2.05) is 0 Å². The average molecular weight is 362 g/mol. The Morgan fingerprint density at radius 2 is 1.80 bits per heavy atom. The molecule has 8 heteroatoms. The van der Waals surface area contributed by atoms with Crippen molar-refractivity contribution >= 4 is 27.6 Å². The van der Waals surface area contributed by atoms with Crippen LogP contribution in [-0.4, -0.2) is 33.9 Å². The summed E-state index contributed by atoms with van der Waals surface area (Å²) in [5, 5.41) is 2.49. The Hall–Kier alpha value is -2.71. The lowest BCUT2D eigenvalue weighted by atomic mass is 10.2. The first-order valence-corrected chi connectivity index (χ1v) is 8.85. The van der Waals surface area contributed by atoms with Crippen LogP contribution in [0.1, 0.15) is 15.9 Å². The summed E-state index contributed by atoms with van der Waals surface area (Å²) in [6, 6.07) is 12.6. The molecule has 0 bridgehead atoms. The lowest BCUT2D eigenvalue weighted by molar-refractivity contribution is -0.115. The van der Waals surface area contributed by atoms with Gasteiger partial charge in [-0.05, 0) is 36.8 Å². The number of rotatable bonds is 6. The monoisotopic (exact) mass is 362 g/mol. The summed E-state index contributed by atoms with van der Waals surface area (Å²) in [4.78, 5) is 23.8. The van der Waals surface area contributed by atoms with Gasteiger partial charge in [-0.15, -0.1) is 0 Å². The van der Waals surface area contributed by atoms with E-state index in [2.05, 4.69) is 14.8 Å². The number of carbonyl (C=O) groups is 2. The van der Waals surface area contributed by atoms with Gasteiger partial charge in [0, 0.05) is 0 Å². The quantitative estimate of drug-likeness (QED) is 0.762. The van der Waals surface area contributed by atoms with E-state index in [-0.39, 0.29) is 16.1 Å². The van der Waals surface area contributed by atoms with Gasteiger partial charge in [-0.2, -0.15) is 0 Å². The van der Waals surface area contributed by atoms with Crippen LogP contribution < -0.4 is 10.0 Å².